The van der Waals surface area contributed by atoms with Crippen LogP contribution in [0.15, 0.2) is 72.9 Å². The minimum Gasteiger partial charge on any atom is -0.462 e. The zero-order chi connectivity index (χ0) is 51.8. The molecule has 1 unspecified atom stereocenters. The van der Waals surface area contributed by atoms with E-state index in [9.17, 15) is 19.0 Å². The van der Waals surface area contributed by atoms with E-state index in [0.29, 0.717) is 23.9 Å². The van der Waals surface area contributed by atoms with Crippen molar-refractivity contribution in [3.8, 4) is 0 Å². The first-order chi connectivity index (χ1) is 31.5. The van der Waals surface area contributed by atoms with Gasteiger partial charge in [-0.05, 0) is 51.1 Å². The average Bonchev–Trinajstić information content (AvgIpc) is 3.24. The molecule has 9 nitrogen and oxygen atoms in total. The van der Waals surface area contributed by atoms with Gasteiger partial charge in [0.1, 0.15) is 19.8 Å². The van der Waals surface area contributed by atoms with Gasteiger partial charge in [-0.1, -0.05) is 177 Å². The summed E-state index contributed by atoms with van der Waals surface area (Å²) in [6.45, 7) is 3.37. The van der Waals surface area contributed by atoms with Crippen molar-refractivity contribution in [3.63, 3.8) is 0 Å². The zero-order valence-electron chi connectivity index (χ0n) is 46.5. The number of esters is 2. The lowest BCUT2D eigenvalue weighted by atomic mass is 10.0. The van der Waals surface area contributed by atoms with Crippen molar-refractivity contribution in [1.82, 2.24) is 0 Å². The second-order valence-corrected chi connectivity index (χ2v) is 16.5. The third-order valence-electron chi connectivity index (χ3n) is 8.44. The van der Waals surface area contributed by atoms with Crippen LogP contribution in [0.2, 0.25) is 0 Å². The highest BCUT2D eigenvalue weighted by molar-refractivity contribution is 7.47. The number of phosphoric ester groups is 1. The molecule has 58 heavy (non-hydrogen) atoms. The van der Waals surface area contributed by atoms with Gasteiger partial charge in [-0.25, -0.2) is 4.57 Å². The van der Waals surface area contributed by atoms with Gasteiger partial charge in [-0.15, -0.1) is 0 Å². The van der Waals surface area contributed by atoms with Crippen LogP contribution in [-0.4, -0.2) is 74.9 Å². The SMILES string of the molecule is [2H]C([2H])(/C=C\CC)/C=C\C([2H])([2H])/C=C\C([2H])([2H])/C=C\C([2H])([2H])/C=C\C([2H])([2H])/C=C\CCC(=O)O[C@H](COC(=O)CCCCCCCCCCCCCCCCC)COP(=O)(O)OCC[N+](C)(C)C. The van der Waals surface area contributed by atoms with E-state index in [1.165, 1.54) is 82.8 Å². The van der Waals surface area contributed by atoms with Crippen LogP contribution in [0.25, 0.3) is 0 Å². The highest BCUT2D eigenvalue weighted by Gasteiger charge is 2.27. The van der Waals surface area contributed by atoms with Gasteiger partial charge in [0.15, 0.2) is 6.10 Å². The van der Waals surface area contributed by atoms with E-state index in [1.54, 1.807) is 6.08 Å². The van der Waals surface area contributed by atoms with E-state index >= 15 is 0 Å². The molecule has 0 bridgehead atoms. The van der Waals surface area contributed by atoms with Gasteiger partial charge in [-0.2, -0.15) is 0 Å². The molecule has 0 aromatic rings. The van der Waals surface area contributed by atoms with Crippen molar-refractivity contribution in [2.24, 2.45) is 0 Å². The molecular weight excluding hydrogens is 750 g/mol. The summed E-state index contributed by atoms with van der Waals surface area (Å²) < 4.78 is 115. The number of nitrogens with zero attached hydrogens (tertiary/aromatic N) is 1. The molecule has 0 rings (SSSR count). The van der Waals surface area contributed by atoms with E-state index in [-0.39, 0.29) is 25.9 Å². The minimum atomic E-state index is -4.55. The molecule has 0 aliphatic carbocycles. The first-order valence-electron chi connectivity index (χ1n) is 26.5. The predicted octanol–water partition coefficient (Wildman–Crippen LogP) is 13.0. The largest absolute Gasteiger partial charge is 0.472 e. The van der Waals surface area contributed by atoms with Gasteiger partial charge in [-0.3, -0.25) is 18.6 Å². The van der Waals surface area contributed by atoms with Crippen LogP contribution in [0.3, 0.4) is 0 Å². The molecule has 0 spiro atoms. The van der Waals surface area contributed by atoms with Gasteiger partial charge >= 0.3 is 19.8 Å². The third kappa shape index (κ3) is 43.0. The summed E-state index contributed by atoms with van der Waals surface area (Å²) in [5.74, 6) is -1.29. The number of rotatable bonds is 40. The Morgan fingerprint density at radius 2 is 1.02 bits per heavy atom. The fourth-order valence-electron chi connectivity index (χ4n) is 5.11. The Hall–Kier alpha value is -2.55. The number of likely N-dealkylation sites (N-methyl/N-ethyl adjacent to an activating group) is 1. The highest BCUT2D eigenvalue weighted by atomic mass is 31.2. The number of carbonyl (C=O) groups excluding carboxylic acids is 2. The van der Waals surface area contributed by atoms with Crippen LogP contribution in [0, 0.1) is 0 Å². The Balaban J connectivity index is 5.20. The first-order valence-corrected chi connectivity index (χ1v) is 23.0. The second kappa shape index (κ2) is 39.9. The summed E-state index contributed by atoms with van der Waals surface area (Å²) >= 11 is 0. The average molecular weight is 845 g/mol. The van der Waals surface area contributed by atoms with Gasteiger partial charge in [0.2, 0.25) is 0 Å². The van der Waals surface area contributed by atoms with E-state index in [0.717, 1.165) is 73.9 Å². The summed E-state index contributed by atoms with van der Waals surface area (Å²) in [7, 11) is 1.09. The van der Waals surface area contributed by atoms with Crippen LogP contribution in [0.5, 0.6) is 0 Å². The number of phosphoric acid groups is 1. The van der Waals surface area contributed by atoms with E-state index in [4.69, 9.17) is 32.2 Å². The molecule has 0 radical (unpaired) electrons. The molecule has 0 aliphatic heterocycles. The normalized spacial score (nSPS) is 18.0. The Kier molecular flexibility index (Phi) is 27.2. The maximum absolute atomic E-state index is 12.8. The molecule has 0 aliphatic rings. The quantitative estimate of drug-likeness (QED) is 0.0214. The Labute approximate surface area is 369 Å². The molecule has 0 saturated heterocycles. The van der Waals surface area contributed by atoms with E-state index in [1.807, 2.05) is 28.1 Å². The number of ether oxygens (including phenoxy) is 2. The molecule has 0 aromatic heterocycles. The van der Waals surface area contributed by atoms with Crippen molar-refractivity contribution < 1.29 is 55.8 Å². The maximum Gasteiger partial charge on any atom is 0.472 e. The van der Waals surface area contributed by atoms with Crippen molar-refractivity contribution in [2.45, 2.75) is 174 Å². The Morgan fingerprint density at radius 3 is 1.47 bits per heavy atom. The van der Waals surface area contributed by atoms with E-state index in [2.05, 4.69) is 6.92 Å². The smallest absolute Gasteiger partial charge is 0.462 e. The summed E-state index contributed by atoms with van der Waals surface area (Å²) in [5, 5.41) is 0. The van der Waals surface area contributed by atoms with Crippen LogP contribution >= 0.6 is 7.82 Å². The third-order valence-corrected chi connectivity index (χ3v) is 9.42. The fourth-order valence-corrected chi connectivity index (χ4v) is 5.85. The predicted molar refractivity (Wildman–Crippen MR) is 242 cm³/mol. The zero-order valence-corrected chi connectivity index (χ0v) is 37.4. The summed E-state index contributed by atoms with van der Waals surface area (Å²) in [4.78, 5) is 35.6. The Bertz CT molecular complexity index is 1650. The van der Waals surface area contributed by atoms with Gasteiger partial charge in [0, 0.05) is 26.5 Å². The fraction of sp³-hybridized carbons (Fsp3) is 0.708. The highest BCUT2D eigenvalue weighted by Crippen LogP contribution is 2.43. The lowest BCUT2D eigenvalue weighted by Gasteiger charge is -2.24. The molecule has 2 atom stereocenters. The van der Waals surface area contributed by atoms with Crippen molar-refractivity contribution in [3.05, 3.63) is 72.9 Å². The first kappa shape index (κ1) is 39.6. The number of unbranched alkanes of at least 4 members (excludes halogenated alkanes) is 14. The topological polar surface area (TPSA) is 108 Å². The second-order valence-electron chi connectivity index (χ2n) is 15.0. The standard InChI is InChI=1S/C48H84NO8P/c1-6-8-10-12-14-16-18-20-22-23-24-25-27-29-31-33-35-37-39-41-48(51)57-46(45-56-58(52,53)55-43-42-49(3,4)5)44-54-47(50)40-38-36-34-32-30-28-26-21-19-17-15-13-11-9-7-2/h8,10,14,16,20,22,24-25,29,31,35,37,46H,6-7,9,11-13,15,17-19,21,23,26-28,30,32-34,36,38-45H2,1-5H3/p+1/b10-8-,16-14-,22-20-,25-24-,31-29-,37-35-/t46-/m1/s1/i12D2,18D2,23D2,27D2,33D2. The van der Waals surface area contributed by atoms with Crippen LogP contribution in [-0.2, 0) is 32.7 Å². The molecule has 1 N–H and O–H groups in total. The molecule has 0 amide bonds. The number of hydrogen-bond donors (Lipinski definition) is 1. The molecule has 0 fully saturated rings. The molecule has 0 saturated carbocycles. The Morgan fingerprint density at radius 1 is 0.586 bits per heavy atom. The number of quaternary nitrogens is 1. The van der Waals surface area contributed by atoms with Crippen molar-refractivity contribution >= 4 is 19.8 Å². The molecule has 10 heteroatoms. The van der Waals surface area contributed by atoms with Gasteiger partial charge in [0.05, 0.1) is 27.7 Å². The summed E-state index contributed by atoms with van der Waals surface area (Å²) in [5.41, 5.74) is 0. The molecule has 0 aromatic carbocycles. The van der Waals surface area contributed by atoms with Crippen LogP contribution in [0.4, 0.5) is 0 Å². The monoisotopic (exact) mass is 845 g/mol. The molecule has 334 valence electrons. The maximum atomic E-state index is 12.8. The molecular formula is C48H85NO8P+. The van der Waals surface area contributed by atoms with Crippen LogP contribution < -0.4 is 0 Å². The summed E-state index contributed by atoms with van der Waals surface area (Å²) in [6, 6.07) is 0. The van der Waals surface area contributed by atoms with Crippen molar-refractivity contribution in [1.29, 1.82) is 0 Å². The summed E-state index contributed by atoms with van der Waals surface area (Å²) in [6.07, 6.45) is 18.9. The number of hydrogen-bond acceptors (Lipinski definition) is 7. The molecule has 0 heterocycles. The van der Waals surface area contributed by atoms with Crippen molar-refractivity contribution in [2.75, 3.05) is 47.5 Å². The number of allylic oxidation sites excluding steroid dienone is 12. The van der Waals surface area contributed by atoms with E-state index < -0.39 is 70.9 Å². The minimum absolute atomic E-state index is 0.00652. The van der Waals surface area contributed by atoms with Crippen LogP contribution in [0.1, 0.15) is 181 Å². The van der Waals surface area contributed by atoms with Gasteiger partial charge in [0.25, 0.3) is 0 Å². The lowest BCUT2D eigenvalue weighted by Crippen LogP contribution is -2.37. The lowest BCUT2D eigenvalue weighted by molar-refractivity contribution is -0.870. The van der Waals surface area contributed by atoms with Gasteiger partial charge < -0.3 is 18.9 Å². The number of carbonyl (C=O) groups is 2.